The van der Waals surface area contributed by atoms with Crippen LogP contribution in [0, 0.1) is 28.6 Å². The Morgan fingerprint density at radius 3 is 2.36 bits per heavy atom. The molecule has 9 atom stereocenters. The van der Waals surface area contributed by atoms with Crippen molar-refractivity contribution in [2.45, 2.75) is 121 Å². The van der Waals surface area contributed by atoms with Gasteiger partial charge in [-0.25, -0.2) is 0 Å². The summed E-state index contributed by atoms with van der Waals surface area (Å²) in [4.78, 5) is 13.2. The largest absolute Gasteiger partial charge is 0.393 e. The Hall–Kier alpha value is -0.790. The van der Waals surface area contributed by atoms with Crippen LogP contribution in [0.4, 0.5) is 0 Å². The number of aliphatic hydroxyl groups is 5. The highest BCUT2D eigenvalue weighted by Gasteiger charge is 2.68. The van der Waals surface area contributed by atoms with Crippen molar-refractivity contribution >= 4 is 5.78 Å². The first kappa shape index (κ1) is 25.3. The van der Waals surface area contributed by atoms with Crippen molar-refractivity contribution in [2.24, 2.45) is 28.6 Å². The quantitative estimate of drug-likeness (QED) is 0.427. The highest BCUT2D eigenvalue weighted by molar-refractivity contribution is 5.95. The summed E-state index contributed by atoms with van der Waals surface area (Å²) in [6.45, 7) is 9.22. The second kappa shape index (κ2) is 7.86. The van der Waals surface area contributed by atoms with Gasteiger partial charge >= 0.3 is 0 Å². The monoisotopic (exact) mass is 464 g/mol. The molecule has 188 valence electrons. The lowest BCUT2D eigenvalue weighted by molar-refractivity contribution is -0.172. The lowest BCUT2D eigenvalue weighted by Crippen LogP contribution is -2.62. The third-order valence-electron chi connectivity index (χ3n) is 10.5. The first-order valence-electron chi connectivity index (χ1n) is 12.9. The molecule has 3 saturated carbocycles. The molecule has 1 unspecified atom stereocenters. The molecule has 0 aromatic rings. The van der Waals surface area contributed by atoms with Crippen molar-refractivity contribution in [2.75, 3.05) is 0 Å². The molecule has 0 radical (unpaired) electrons. The molecular weight excluding hydrogens is 420 g/mol. The number of hydrogen-bond acceptors (Lipinski definition) is 6. The summed E-state index contributed by atoms with van der Waals surface area (Å²) in [5.41, 5.74) is -3.64. The van der Waals surface area contributed by atoms with Gasteiger partial charge in [-0.1, -0.05) is 13.8 Å². The number of aliphatic hydroxyl groups excluding tert-OH is 2. The maximum Gasteiger partial charge on any atom is 0.159 e. The van der Waals surface area contributed by atoms with Gasteiger partial charge in [-0.15, -0.1) is 0 Å². The average molecular weight is 465 g/mol. The summed E-state index contributed by atoms with van der Waals surface area (Å²) in [7, 11) is 0. The predicted octanol–water partition coefficient (Wildman–Crippen LogP) is 2.88. The SMILES string of the molecule is CC(C)(O)CC[C@@H](O)[C@](C)(O)[C@H]1CC[C@@]2(O)C3=CC(=O)[C@@H]4C[C@H](O)CC[C@]4(C)C3CC[C@]12C. The molecule has 0 aromatic carbocycles. The van der Waals surface area contributed by atoms with Crippen molar-refractivity contribution in [3.8, 4) is 0 Å². The van der Waals surface area contributed by atoms with Crippen LogP contribution in [0.1, 0.15) is 92.4 Å². The van der Waals surface area contributed by atoms with Gasteiger partial charge < -0.3 is 25.5 Å². The van der Waals surface area contributed by atoms with Crippen LogP contribution in [0.3, 0.4) is 0 Å². The fourth-order valence-corrected chi connectivity index (χ4v) is 8.27. The summed E-state index contributed by atoms with van der Waals surface area (Å²) in [6, 6.07) is 0. The third kappa shape index (κ3) is 3.76. The summed E-state index contributed by atoms with van der Waals surface area (Å²) >= 11 is 0. The summed E-state index contributed by atoms with van der Waals surface area (Å²) in [5.74, 6) is -0.426. The van der Waals surface area contributed by atoms with E-state index in [2.05, 4.69) is 6.92 Å². The standard InChI is InChI=1S/C27H44O6/c1-23(2,31)10-9-22(30)26(5,32)21-8-13-27(33)18-15-20(29)19-14-16(28)6-11-24(19,3)17(18)7-12-25(21,27)4/h15-17,19,21-22,28,30-33H,6-14H2,1-5H3/t16-,17?,19+,21+,22-,24-,25-,26-,27-/m1/s1. The van der Waals surface area contributed by atoms with Crippen molar-refractivity contribution in [1.29, 1.82) is 0 Å². The smallest absolute Gasteiger partial charge is 0.159 e. The molecule has 0 bridgehead atoms. The van der Waals surface area contributed by atoms with Crippen LogP contribution in [0.2, 0.25) is 0 Å². The molecule has 4 aliphatic carbocycles. The number of fused-ring (bicyclic) bond motifs is 5. The molecule has 0 amide bonds. The first-order chi connectivity index (χ1) is 15.1. The second-order valence-corrected chi connectivity index (χ2v) is 13.0. The molecule has 6 nitrogen and oxygen atoms in total. The van der Waals surface area contributed by atoms with Crippen LogP contribution >= 0.6 is 0 Å². The minimum Gasteiger partial charge on any atom is -0.393 e. The number of ketones is 1. The van der Waals surface area contributed by atoms with Gasteiger partial charge in [-0.2, -0.15) is 0 Å². The maximum atomic E-state index is 13.2. The number of allylic oxidation sites excluding steroid dienone is 1. The molecule has 33 heavy (non-hydrogen) atoms. The van der Waals surface area contributed by atoms with Crippen LogP contribution in [0.5, 0.6) is 0 Å². The Bertz CT molecular complexity index is 827. The first-order valence-corrected chi connectivity index (χ1v) is 12.9. The van der Waals surface area contributed by atoms with Gasteiger partial charge in [0, 0.05) is 11.3 Å². The lowest BCUT2D eigenvalue weighted by atomic mass is 9.46. The van der Waals surface area contributed by atoms with Crippen LogP contribution < -0.4 is 0 Å². The van der Waals surface area contributed by atoms with Gasteiger partial charge in [-0.05, 0) is 107 Å². The molecular formula is C27H44O6. The van der Waals surface area contributed by atoms with Gasteiger partial charge in [0.15, 0.2) is 5.78 Å². The van der Waals surface area contributed by atoms with Crippen LogP contribution in [0.15, 0.2) is 11.6 Å². The van der Waals surface area contributed by atoms with Gasteiger partial charge in [0.25, 0.3) is 0 Å². The van der Waals surface area contributed by atoms with E-state index in [1.807, 2.05) is 6.92 Å². The van der Waals surface area contributed by atoms with Crippen molar-refractivity contribution in [1.82, 2.24) is 0 Å². The van der Waals surface area contributed by atoms with E-state index < -0.39 is 34.4 Å². The Labute approximate surface area is 198 Å². The van der Waals surface area contributed by atoms with E-state index >= 15 is 0 Å². The number of carbonyl (C=O) groups excluding carboxylic acids is 1. The normalized spacial score (nSPS) is 46.0. The molecule has 0 spiro atoms. The maximum absolute atomic E-state index is 13.2. The highest BCUT2D eigenvalue weighted by atomic mass is 16.3. The Kier molecular flexibility index (Phi) is 6.03. The van der Waals surface area contributed by atoms with E-state index in [0.29, 0.717) is 38.5 Å². The highest BCUT2D eigenvalue weighted by Crippen LogP contribution is 2.68. The van der Waals surface area contributed by atoms with Gasteiger partial charge in [0.05, 0.1) is 29.0 Å². The topological polar surface area (TPSA) is 118 Å². The molecule has 5 N–H and O–H groups in total. The molecule has 0 saturated heterocycles. The fourth-order valence-electron chi connectivity index (χ4n) is 8.27. The van der Waals surface area contributed by atoms with E-state index in [1.165, 1.54) is 0 Å². The van der Waals surface area contributed by atoms with Gasteiger partial charge in [-0.3, -0.25) is 4.79 Å². The van der Waals surface area contributed by atoms with E-state index in [0.717, 1.165) is 18.4 Å². The van der Waals surface area contributed by atoms with Gasteiger partial charge in [0.1, 0.15) is 0 Å². The van der Waals surface area contributed by atoms with E-state index in [9.17, 15) is 30.3 Å². The van der Waals surface area contributed by atoms with Crippen molar-refractivity contribution in [3.05, 3.63) is 11.6 Å². The lowest BCUT2D eigenvalue weighted by Gasteiger charge is -2.60. The summed E-state index contributed by atoms with van der Waals surface area (Å²) in [6.07, 6.45) is 5.38. The van der Waals surface area contributed by atoms with E-state index in [4.69, 9.17) is 0 Å². The Balaban J connectivity index is 1.65. The molecule has 0 heterocycles. The number of carbonyl (C=O) groups is 1. The molecule has 0 aliphatic heterocycles. The van der Waals surface area contributed by atoms with Crippen molar-refractivity contribution < 1.29 is 30.3 Å². The van der Waals surface area contributed by atoms with Crippen molar-refractivity contribution in [3.63, 3.8) is 0 Å². The third-order valence-corrected chi connectivity index (χ3v) is 10.5. The number of hydrogen-bond donors (Lipinski definition) is 5. The zero-order valence-electron chi connectivity index (χ0n) is 21.0. The molecule has 4 aliphatic rings. The average Bonchev–Trinajstić information content (AvgIpc) is 2.99. The zero-order chi connectivity index (χ0) is 24.6. The number of rotatable bonds is 5. The molecule has 6 heteroatoms. The summed E-state index contributed by atoms with van der Waals surface area (Å²) < 4.78 is 0. The minimum atomic E-state index is -1.42. The Morgan fingerprint density at radius 1 is 1.06 bits per heavy atom. The minimum absolute atomic E-state index is 0.0144. The summed E-state index contributed by atoms with van der Waals surface area (Å²) in [5, 5.41) is 55.0. The van der Waals surface area contributed by atoms with Gasteiger partial charge in [0.2, 0.25) is 0 Å². The molecule has 0 aromatic heterocycles. The second-order valence-electron chi connectivity index (χ2n) is 13.0. The molecule has 3 fully saturated rings. The van der Waals surface area contributed by atoms with Crippen LogP contribution in [0.25, 0.3) is 0 Å². The van der Waals surface area contributed by atoms with E-state index in [-0.39, 0.29) is 35.4 Å². The Morgan fingerprint density at radius 2 is 1.73 bits per heavy atom. The molecule has 4 rings (SSSR count). The fraction of sp³-hybridized carbons (Fsp3) is 0.889. The zero-order valence-corrected chi connectivity index (χ0v) is 21.0. The van der Waals surface area contributed by atoms with E-state index in [1.54, 1.807) is 26.8 Å². The van der Waals surface area contributed by atoms with Crippen LogP contribution in [-0.4, -0.2) is 60.3 Å². The van der Waals surface area contributed by atoms with Crippen LogP contribution in [-0.2, 0) is 4.79 Å². The predicted molar refractivity (Wildman–Crippen MR) is 125 cm³/mol.